The standard InChI is InChI=1S/C10H18N2O3/c11-8(10(14)15)6-12-9(13)7-4-2-1-3-5-7/h7-8H,1-6,11H2,(H,12,13)(H,14,15)/t8-/m0/s1. The van der Waals surface area contributed by atoms with E-state index in [-0.39, 0.29) is 18.4 Å². The molecule has 1 fully saturated rings. The molecule has 0 heterocycles. The molecule has 1 aliphatic carbocycles. The van der Waals surface area contributed by atoms with Gasteiger partial charge in [0.1, 0.15) is 6.04 Å². The van der Waals surface area contributed by atoms with Gasteiger partial charge in [-0.3, -0.25) is 9.59 Å². The summed E-state index contributed by atoms with van der Waals surface area (Å²) < 4.78 is 0. The zero-order valence-electron chi connectivity index (χ0n) is 8.74. The van der Waals surface area contributed by atoms with Gasteiger partial charge < -0.3 is 16.2 Å². The Balaban J connectivity index is 2.25. The Labute approximate surface area is 89.0 Å². The van der Waals surface area contributed by atoms with Gasteiger partial charge in [-0.2, -0.15) is 0 Å². The number of carboxylic acid groups (broad SMARTS) is 1. The molecule has 1 atom stereocenters. The number of rotatable bonds is 4. The van der Waals surface area contributed by atoms with Crippen LogP contribution in [0.15, 0.2) is 0 Å². The van der Waals surface area contributed by atoms with Gasteiger partial charge in [0.25, 0.3) is 0 Å². The lowest BCUT2D eigenvalue weighted by atomic mass is 9.88. The normalized spacial score (nSPS) is 19.5. The second kappa shape index (κ2) is 5.70. The van der Waals surface area contributed by atoms with Crippen molar-refractivity contribution >= 4 is 11.9 Å². The van der Waals surface area contributed by atoms with E-state index in [1.165, 1.54) is 6.42 Å². The number of nitrogens with two attached hydrogens (primary N) is 1. The maximum atomic E-state index is 11.6. The lowest BCUT2D eigenvalue weighted by Crippen LogP contribution is -2.44. The van der Waals surface area contributed by atoms with E-state index >= 15 is 0 Å². The third-order valence-corrected chi connectivity index (χ3v) is 2.79. The highest BCUT2D eigenvalue weighted by molar-refractivity contribution is 5.80. The number of carbonyl (C=O) groups is 2. The second-order valence-corrected chi connectivity index (χ2v) is 4.02. The summed E-state index contributed by atoms with van der Waals surface area (Å²) in [5, 5.41) is 11.1. The Morgan fingerprint density at radius 3 is 2.47 bits per heavy atom. The van der Waals surface area contributed by atoms with E-state index in [0.717, 1.165) is 25.7 Å². The number of carboxylic acids is 1. The van der Waals surface area contributed by atoms with E-state index in [9.17, 15) is 9.59 Å². The van der Waals surface area contributed by atoms with Crippen LogP contribution < -0.4 is 11.1 Å². The highest BCUT2D eigenvalue weighted by atomic mass is 16.4. The van der Waals surface area contributed by atoms with Crippen LogP contribution in [0.25, 0.3) is 0 Å². The number of aliphatic carboxylic acids is 1. The summed E-state index contributed by atoms with van der Waals surface area (Å²) in [6, 6.07) is -1.00. The Hall–Kier alpha value is -1.10. The summed E-state index contributed by atoms with van der Waals surface area (Å²) in [4.78, 5) is 22.0. The van der Waals surface area contributed by atoms with Gasteiger partial charge >= 0.3 is 5.97 Å². The van der Waals surface area contributed by atoms with Crippen LogP contribution in [0.4, 0.5) is 0 Å². The van der Waals surface area contributed by atoms with E-state index in [2.05, 4.69) is 5.32 Å². The largest absolute Gasteiger partial charge is 0.480 e. The van der Waals surface area contributed by atoms with Crippen molar-refractivity contribution in [3.8, 4) is 0 Å². The molecule has 0 unspecified atom stereocenters. The van der Waals surface area contributed by atoms with Gasteiger partial charge in [0.2, 0.25) is 5.91 Å². The molecule has 0 radical (unpaired) electrons. The SMILES string of the molecule is N[C@@H](CNC(=O)C1CCCCC1)C(=O)O. The van der Waals surface area contributed by atoms with Crippen molar-refractivity contribution in [2.45, 2.75) is 38.1 Å². The van der Waals surface area contributed by atoms with Crippen molar-refractivity contribution in [3.05, 3.63) is 0 Å². The van der Waals surface area contributed by atoms with E-state index in [4.69, 9.17) is 10.8 Å². The van der Waals surface area contributed by atoms with Crippen LogP contribution in [0.5, 0.6) is 0 Å². The van der Waals surface area contributed by atoms with Crippen molar-refractivity contribution < 1.29 is 14.7 Å². The van der Waals surface area contributed by atoms with Gasteiger partial charge in [-0.1, -0.05) is 19.3 Å². The molecule has 0 aromatic carbocycles. The smallest absolute Gasteiger partial charge is 0.322 e. The van der Waals surface area contributed by atoms with Gasteiger partial charge in [-0.15, -0.1) is 0 Å². The maximum absolute atomic E-state index is 11.6. The molecule has 5 heteroatoms. The minimum Gasteiger partial charge on any atom is -0.480 e. The van der Waals surface area contributed by atoms with Crippen LogP contribution in [0.2, 0.25) is 0 Å². The van der Waals surface area contributed by atoms with E-state index < -0.39 is 12.0 Å². The number of hydrogen-bond acceptors (Lipinski definition) is 3. The highest BCUT2D eigenvalue weighted by Crippen LogP contribution is 2.23. The maximum Gasteiger partial charge on any atom is 0.322 e. The molecule has 0 aliphatic heterocycles. The zero-order chi connectivity index (χ0) is 11.3. The molecule has 86 valence electrons. The predicted octanol–water partition coefficient (Wildman–Crippen LogP) is 0.0948. The summed E-state index contributed by atoms with van der Waals surface area (Å²) in [5.41, 5.74) is 5.28. The van der Waals surface area contributed by atoms with Gasteiger partial charge in [0.15, 0.2) is 0 Å². The molecule has 1 rings (SSSR count). The Morgan fingerprint density at radius 2 is 1.93 bits per heavy atom. The Bertz CT molecular complexity index is 237. The minimum absolute atomic E-state index is 0.0185. The quantitative estimate of drug-likeness (QED) is 0.618. The third kappa shape index (κ3) is 3.87. The number of hydrogen-bond donors (Lipinski definition) is 3. The molecular weight excluding hydrogens is 196 g/mol. The molecule has 1 saturated carbocycles. The van der Waals surface area contributed by atoms with Crippen LogP contribution in [0, 0.1) is 5.92 Å². The van der Waals surface area contributed by atoms with Crippen LogP contribution in [0.3, 0.4) is 0 Å². The first-order valence-corrected chi connectivity index (χ1v) is 5.37. The van der Waals surface area contributed by atoms with E-state index in [0.29, 0.717) is 0 Å². The van der Waals surface area contributed by atoms with Crippen molar-refractivity contribution in [3.63, 3.8) is 0 Å². The molecular formula is C10H18N2O3. The zero-order valence-corrected chi connectivity index (χ0v) is 8.74. The molecule has 0 spiro atoms. The molecule has 15 heavy (non-hydrogen) atoms. The Morgan fingerprint density at radius 1 is 1.33 bits per heavy atom. The topological polar surface area (TPSA) is 92.4 Å². The Kier molecular flexibility index (Phi) is 4.55. The fourth-order valence-electron chi connectivity index (χ4n) is 1.81. The molecule has 1 amide bonds. The number of nitrogens with one attached hydrogen (secondary N) is 1. The van der Waals surface area contributed by atoms with Crippen LogP contribution in [0.1, 0.15) is 32.1 Å². The summed E-state index contributed by atoms with van der Waals surface area (Å²) in [5.74, 6) is -1.08. The fourth-order valence-corrected chi connectivity index (χ4v) is 1.81. The molecule has 0 saturated heterocycles. The average Bonchev–Trinajstić information content (AvgIpc) is 2.26. The summed E-state index contributed by atoms with van der Waals surface area (Å²) in [7, 11) is 0. The third-order valence-electron chi connectivity index (χ3n) is 2.79. The lowest BCUT2D eigenvalue weighted by Gasteiger charge is -2.21. The second-order valence-electron chi connectivity index (χ2n) is 4.02. The van der Waals surface area contributed by atoms with Crippen LogP contribution in [-0.2, 0) is 9.59 Å². The van der Waals surface area contributed by atoms with Crippen molar-refractivity contribution in [1.29, 1.82) is 0 Å². The molecule has 0 bridgehead atoms. The van der Waals surface area contributed by atoms with Gasteiger partial charge in [-0.05, 0) is 12.8 Å². The van der Waals surface area contributed by atoms with Gasteiger partial charge in [0.05, 0.1) is 0 Å². The average molecular weight is 214 g/mol. The van der Waals surface area contributed by atoms with Crippen molar-refractivity contribution in [2.24, 2.45) is 11.7 Å². The fraction of sp³-hybridized carbons (Fsp3) is 0.800. The molecule has 0 aromatic rings. The number of carbonyl (C=O) groups excluding carboxylic acids is 1. The highest BCUT2D eigenvalue weighted by Gasteiger charge is 2.22. The van der Waals surface area contributed by atoms with Crippen molar-refractivity contribution in [1.82, 2.24) is 5.32 Å². The predicted molar refractivity (Wildman–Crippen MR) is 55.2 cm³/mol. The molecule has 5 nitrogen and oxygen atoms in total. The first-order valence-electron chi connectivity index (χ1n) is 5.37. The van der Waals surface area contributed by atoms with Crippen molar-refractivity contribution in [2.75, 3.05) is 6.54 Å². The molecule has 0 aromatic heterocycles. The monoisotopic (exact) mass is 214 g/mol. The molecule has 4 N–H and O–H groups in total. The van der Waals surface area contributed by atoms with E-state index in [1.807, 2.05) is 0 Å². The number of amides is 1. The van der Waals surface area contributed by atoms with Gasteiger partial charge in [0, 0.05) is 12.5 Å². The summed E-state index contributed by atoms with van der Waals surface area (Å²) in [6.07, 6.45) is 5.19. The minimum atomic E-state index is -1.08. The first-order chi connectivity index (χ1) is 7.11. The lowest BCUT2D eigenvalue weighted by molar-refractivity contribution is -0.138. The van der Waals surface area contributed by atoms with Gasteiger partial charge in [-0.25, -0.2) is 0 Å². The molecule has 1 aliphatic rings. The summed E-state index contributed by atoms with van der Waals surface area (Å²) in [6.45, 7) is 0.0185. The van der Waals surface area contributed by atoms with E-state index in [1.54, 1.807) is 0 Å². The summed E-state index contributed by atoms with van der Waals surface area (Å²) >= 11 is 0. The van der Waals surface area contributed by atoms with Crippen LogP contribution in [-0.4, -0.2) is 29.6 Å². The first kappa shape index (κ1) is 12.0. The van der Waals surface area contributed by atoms with Crippen LogP contribution >= 0.6 is 0 Å².